The number of thioether (sulfide) groups is 2. The number of rotatable bonds is 5. The zero-order valence-electron chi connectivity index (χ0n) is 16.5. The maximum Gasteiger partial charge on any atom is 0.259 e. The van der Waals surface area contributed by atoms with E-state index in [9.17, 15) is 14.0 Å². The lowest BCUT2D eigenvalue weighted by molar-refractivity contribution is -0.153. The molecule has 0 aromatic heterocycles. The molecular weight excluding hydrogens is 393 g/mol. The highest BCUT2D eigenvalue weighted by Gasteiger charge is 2.66. The van der Waals surface area contributed by atoms with E-state index in [0.717, 1.165) is 35.5 Å². The first-order valence-corrected chi connectivity index (χ1v) is 12.4. The summed E-state index contributed by atoms with van der Waals surface area (Å²) in [6.45, 7) is 2.55. The minimum Gasteiger partial charge on any atom is -0.327 e. The van der Waals surface area contributed by atoms with E-state index in [1.807, 2.05) is 17.4 Å². The normalized spacial score (nSPS) is 31.5. The summed E-state index contributed by atoms with van der Waals surface area (Å²) in [5.74, 6) is 0.306. The van der Waals surface area contributed by atoms with E-state index in [1.165, 1.54) is 35.7 Å². The quantitative estimate of drug-likeness (QED) is 0.504. The summed E-state index contributed by atoms with van der Waals surface area (Å²) in [5.41, 5.74) is 0.896. The third kappa shape index (κ3) is 2.78. The Hall–Kier alpha value is -1.27. The molecule has 2 bridgehead atoms. The van der Waals surface area contributed by atoms with Crippen LogP contribution in [0.15, 0.2) is 34.1 Å². The molecule has 1 aliphatic heterocycles. The van der Waals surface area contributed by atoms with Crippen LogP contribution in [0.4, 0.5) is 4.39 Å². The molecule has 3 aliphatic rings. The van der Waals surface area contributed by atoms with Crippen LogP contribution in [0.1, 0.15) is 38.2 Å². The summed E-state index contributed by atoms with van der Waals surface area (Å²) in [6.07, 6.45) is 7.85. The van der Waals surface area contributed by atoms with Crippen LogP contribution in [-0.2, 0) is 16.1 Å². The number of Topliss-reactive ketones (excluding diaryl/α,β-unsaturated/α-hetero) is 1. The topological polar surface area (TPSA) is 37.4 Å². The molecule has 4 rings (SSSR count). The van der Waals surface area contributed by atoms with Crippen molar-refractivity contribution >= 4 is 35.2 Å². The predicted molar refractivity (Wildman–Crippen MR) is 113 cm³/mol. The fraction of sp³-hybridized carbons (Fsp3) is 0.545. The molecule has 0 spiro atoms. The van der Waals surface area contributed by atoms with Crippen molar-refractivity contribution in [3.63, 3.8) is 0 Å². The summed E-state index contributed by atoms with van der Waals surface area (Å²) >= 11 is 2.96. The van der Waals surface area contributed by atoms with Crippen LogP contribution in [0.3, 0.4) is 0 Å². The van der Waals surface area contributed by atoms with Crippen molar-refractivity contribution in [3.8, 4) is 0 Å². The minimum atomic E-state index is -0.392. The molecule has 1 aromatic carbocycles. The molecule has 4 unspecified atom stereocenters. The van der Waals surface area contributed by atoms with E-state index in [4.69, 9.17) is 0 Å². The standard InChI is InChI=1S/C22H26FNO2S2/c1-4-22-15-8-7-14(11-15)18(22)19(25)17(21(27-2)28-3)20(26)24(22)12-13-5-9-16(23)10-6-13/h5-6,9-10,14-15,18H,4,7-8,11-12H2,1-3H3. The fourth-order valence-corrected chi connectivity index (χ4v) is 7.47. The summed E-state index contributed by atoms with van der Waals surface area (Å²) in [5, 5.41) is 0. The number of hydrogen-bond donors (Lipinski definition) is 0. The molecule has 6 heteroatoms. The van der Waals surface area contributed by atoms with E-state index in [0.29, 0.717) is 24.0 Å². The number of piperidine rings is 1. The number of benzene rings is 1. The number of carbonyl (C=O) groups excluding carboxylic acids is 2. The molecule has 0 radical (unpaired) electrons. The summed E-state index contributed by atoms with van der Waals surface area (Å²) in [6, 6.07) is 6.38. The van der Waals surface area contributed by atoms with Gasteiger partial charge in [0.1, 0.15) is 11.4 Å². The van der Waals surface area contributed by atoms with Gasteiger partial charge in [-0.05, 0) is 67.7 Å². The van der Waals surface area contributed by atoms with Crippen LogP contribution in [-0.4, -0.2) is 34.6 Å². The molecule has 1 amide bonds. The Morgan fingerprint density at radius 3 is 2.46 bits per heavy atom. The Morgan fingerprint density at radius 1 is 1.18 bits per heavy atom. The Labute approximate surface area is 174 Å². The third-order valence-corrected chi connectivity index (χ3v) is 9.23. The highest BCUT2D eigenvalue weighted by molar-refractivity contribution is 8.21. The first kappa shape index (κ1) is 20.0. The number of likely N-dealkylation sites (tertiary alicyclic amines) is 1. The number of fused-ring (bicyclic) bond motifs is 5. The van der Waals surface area contributed by atoms with Gasteiger partial charge in [-0.15, -0.1) is 23.5 Å². The smallest absolute Gasteiger partial charge is 0.259 e. The highest BCUT2D eigenvalue weighted by Crippen LogP contribution is 2.62. The Bertz CT molecular complexity index is 831. The minimum absolute atomic E-state index is 0.0631. The van der Waals surface area contributed by atoms with Crippen molar-refractivity contribution < 1.29 is 14.0 Å². The predicted octanol–water partition coefficient (Wildman–Crippen LogP) is 4.87. The number of amides is 1. The molecule has 1 saturated heterocycles. The Balaban J connectivity index is 1.84. The van der Waals surface area contributed by atoms with Gasteiger partial charge in [0.2, 0.25) is 0 Å². The second kappa shape index (κ2) is 7.52. The second-order valence-corrected chi connectivity index (χ2v) is 9.94. The largest absolute Gasteiger partial charge is 0.327 e. The van der Waals surface area contributed by atoms with Crippen LogP contribution in [0.5, 0.6) is 0 Å². The van der Waals surface area contributed by atoms with Gasteiger partial charge in [0, 0.05) is 12.5 Å². The Kier molecular flexibility index (Phi) is 5.38. The van der Waals surface area contributed by atoms with Crippen LogP contribution < -0.4 is 0 Å². The second-order valence-electron chi connectivity index (χ2n) is 8.05. The first-order chi connectivity index (χ1) is 13.5. The van der Waals surface area contributed by atoms with E-state index < -0.39 is 5.54 Å². The van der Waals surface area contributed by atoms with E-state index >= 15 is 0 Å². The maximum atomic E-state index is 13.7. The zero-order chi connectivity index (χ0) is 20.1. The summed E-state index contributed by atoms with van der Waals surface area (Å²) in [4.78, 5) is 29.3. The molecule has 28 heavy (non-hydrogen) atoms. The van der Waals surface area contributed by atoms with Crippen molar-refractivity contribution in [1.29, 1.82) is 0 Å². The number of carbonyl (C=O) groups is 2. The molecule has 4 atom stereocenters. The average molecular weight is 420 g/mol. The van der Waals surface area contributed by atoms with Crippen molar-refractivity contribution in [2.24, 2.45) is 17.8 Å². The van der Waals surface area contributed by atoms with Crippen molar-refractivity contribution in [3.05, 3.63) is 45.5 Å². The number of nitrogens with zero attached hydrogens (tertiary/aromatic N) is 1. The van der Waals surface area contributed by atoms with E-state index in [-0.39, 0.29) is 23.4 Å². The number of hydrogen-bond acceptors (Lipinski definition) is 4. The summed E-state index contributed by atoms with van der Waals surface area (Å²) in [7, 11) is 0. The van der Waals surface area contributed by atoms with Gasteiger partial charge in [0.15, 0.2) is 5.78 Å². The number of ketones is 1. The lowest BCUT2D eigenvalue weighted by Crippen LogP contribution is -2.65. The van der Waals surface area contributed by atoms with Crippen molar-refractivity contribution in [1.82, 2.24) is 4.90 Å². The van der Waals surface area contributed by atoms with Crippen molar-refractivity contribution in [2.75, 3.05) is 12.5 Å². The van der Waals surface area contributed by atoms with Crippen LogP contribution in [0, 0.1) is 23.6 Å². The van der Waals surface area contributed by atoms with Gasteiger partial charge in [-0.1, -0.05) is 19.1 Å². The van der Waals surface area contributed by atoms with Gasteiger partial charge >= 0.3 is 0 Å². The molecule has 3 fully saturated rings. The van der Waals surface area contributed by atoms with Gasteiger partial charge < -0.3 is 4.90 Å². The fourth-order valence-electron chi connectivity index (χ4n) is 6.02. The van der Waals surface area contributed by atoms with Crippen LogP contribution in [0.25, 0.3) is 0 Å². The Morgan fingerprint density at radius 2 is 1.86 bits per heavy atom. The molecule has 150 valence electrons. The molecule has 1 aromatic rings. The first-order valence-electron chi connectivity index (χ1n) is 9.90. The summed E-state index contributed by atoms with van der Waals surface area (Å²) < 4.78 is 14.2. The zero-order valence-corrected chi connectivity index (χ0v) is 18.2. The molecular formula is C22H26FNO2S2. The monoisotopic (exact) mass is 419 g/mol. The van der Waals surface area contributed by atoms with Gasteiger partial charge in [0.25, 0.3) is 5.91 Å². The lowest BCUT2D eigenvalue weighted by atomic mass is 9.64. The van der Waals surface area contributed by atoms with Gasteiger partial charge in [-0.25, -0.2) is 4.39 Å². The lowest BCUT2D eigenvalue weighted by Gasteiger charge is -2.54. The third-order valence-electron chi connectivity index (χ3n) is 7.08. The molecule has 2 saturated carbocycles. The van der Waals surface area contributed by atoms with Crippen LogP contribution in [0.2, 0.25) is 0 Å². The molecule has 1 heterocycles. The number of halogens is 1. The highest BCUT2D eigenvalue weighted by atomic mass is 32.2. The van der Waals surface area contributed by atoms with Gasteiger partial charge in [-0.3, -0.25) is 9.59 Å². The maximum absolute atomic E-state index is 13.7. The average Bonchev–Trinajstić information content (AvgIpc) is 3.30. The van der Waals surface area contributed by atoms with E-state index in [1.54, 1.807) is 12.1 Å². The molecule has 3 nitrogen and oxygen atoms in total. The molecule has 2 aliphatic carbocycles. The molecule has 0 N–H and O–H groups in total. The van der Waals surface area contributed by atoms with Gasteiger partial charge in [-0.2, -0.15) is 0 Å². The van der Waals surface area contributed by atoms with E-state index in [2.05, 4.69) is 6.92 Å². The van der Waals surface area contributed by atoms with Gasteiger partial charge in [0.05, 0.1) is 9.78 Å². The SMILES string of the molecule is CCC12C3CCC(C3)C1C(=O)C(=C(SC)SC)C(=O)N2Cc1ccc(F)cc1. The van der Waals surface area contributed by atoms with Crippen LogP contribution >= 0.6 is 23.5 Å². The van der Waals surface area contributed by atoms with Crippen molar-refractivity contribution in [2.45, 2.75) is 44.7 Å².